The highest BCUT2D eigenvalue weighted by Crippen LogP contribution is 2.17. The van der Waals surface area contributed by atoms with E-state index in [0.717, 1.165) is 41.8 Å². The highest BCUT2D eigenvalue weighted by atomic mass is 79.9. The van der Waals surface area contributed by atoms with Crippen LogP contribution in [0.2, 0.25) is 0 Å². The Hall–Kier alpha value is -1.95. The first-order valence-corrected chi connectivity index (χ1v) is 9.05. The van der Waals surface area contributed by atoms with Crippen LogP contribution in [0.3, 0.4) is 0 Å². The molecule has 2 aromatic rings. The van der Waals surface area contributed by atoms with Gasteiger partial charge in [-0.05, 0) is 36.6 Å². The van der Waals surface area contributed by atoms with E-state index in [-0.39, 0.29) is 5.91 Å². The third kappa shape index (κ3) is 5.30. The summed E-state index contributed by atoms with van der Waals surface area (Å²) in [5.41, 5.74) is 0.941. The van der Waals surface area contributed by atoms with Gasteiger partial charge in [0.1, 0.15) is 0 Å². The van der Waals surface area contributed by atoms with E-state index in [0.29, 0.717) is 12.2 Å². The van der Waals surface area contributed by atoms with Gasteiger partial charge in [0.25, 0.3) is 0 Å². The molecule has 0 aliphatic carbocycles. The number of benzene rings is 1. The van der Waals surface area contributed by atoms with Gasteiger partial charge in [-0.2, -0.15) is 0 Å². The molecule has 1 N–H and O–H groups in total. The lowest BCUT2D eigenvalue weighted by molar-refractivity contribution is -0.115. The zero-order chi connectivity index (χ0) is 17.4. The highest BCUT2D eigenvalue weighted by Gasteiger charge is 2.10. The first kappa shape index (κ1) is 18.4. The maximum Gasteiger partial charge on any atom is 0.230 e. The van der Waals surface area contributed by atoms with Gasteiger partial charge in [0.2, 0.25) is 5.91 Å². The Morgan fingerprint density at radius 3 is 2.38 bits per heavy atom. The SMILES string of the molecule is CCCN(CCC)c1ccc(NC(=O)Cc2ccccc2Br)nn1. The minimum atomic E-state index is -0.108. The molecule has 1 heterocycles. The molecule has 6 heteroatoms. The number of amides is 1. The Kier molecular flexibility index (Phi) is 7.18. The number of carbonyl (C=O) groups is 1. The van der Waals surface area contributed by atoms with Crippen molar-refractivity contribution in [2.75, 3.05) is 23.3 Å². The molecule has 0 fully saturated rings. The number of hydrogen-bond donors (Lipinski definition) is 1. The second kappa shape index (κ2) is 9.37. The first-order chi connectivity index (χ1) is 11.6. The lowest BCUT2D eigenvalue weighted by Gasteiger charge is -2.21. The molecule has 0 bridgehead atoms. The van der Waals surface area contributed by atoms with E-state index in [1.807, 2.05) is 30.3 Å². The average Bonchev–Trinajstić information content (AvgIpc) is 2.57. The molecule has 24 heavy (non-hydrogen) atoms. The summed E-state index contributed by atoms with van der Waals surface area (Å²) in [5, 5.41) is 11.2. The molecule has 1 aromatic heterocycles. The van der Waals surface area contributed by atoms with E-state index in [2.05, 4.69) is 50.2 Å². The fourth-order valence-corrected chi connectivity index (χ4v) is 2.87. The molecule has 0 saturated carbocycles. The van der Waals surface area contributed by atoms with Crippen molar-refractivity contribution in [2.45, 2.75) is 33.1 Å². The van der Waals surface area contributed by atoms with E-state index in [4.69, 9.17) is 0 Å². The zero-order valence-electron chi connectivity index (χ0n) is 14.1. The predicted molar refractivity (Wildman–Crippen MR) is 101 cm³/mol. The quantitative estimate of drug-likeness (QED) is 0.738. The summed E-state index contributed by atoms with van der Waals surface area (Å²) in [4.78, 5) is 14.4. The molecule has 5 nitrogen and oxygen atoms in total. The lowest BCUT2D eigenvalue weighted by atomic mass is 10.1. The van der Waals surface area contributed by atoms with E-state index < -0.39 is 0 Å². The molecule has 0 saturated heterocycles. The van der Waals surface area contributed by atoms with Crippen LogP contribution in [0.4, 0.5) is 11.6 Å². The monoisotopic (exact) mass is 390 g/mol. The van der Waals surface area contributed by atoms with Crippen LogP contribution in [0.15, 0.2) is 40.9 Å². The van der Waals surface area contributed by atoms with E-state index in [1.54, 1.807) is 6.07 Å². The van der Waals surface area contributed by atoms with Gasteiger partial charge < -0.3 is 10.2 Å². The van der Waals surface area contributed by atoms with Crippen molar-refractivity contribution >= 4 is 33.5 Å². The number of carbonyl (C=O) groups excluding carboxylic acids is 1. The number of nitrogens with zero attached hydrogens (tertiary/aromatic N) is 3. The van der Waals surface area contributed by atoms with Crippen molar-refractivity contribution in [1.29, 1.82) is 0 Å². The minimum Gasteiger partial charge on any atom is -0.355 e. The summed E-state index contributed by atoms with van der Waals surface area (Å²) in [6.07, 6.45) is 2.42. The third-order valence-corrected chi connectivity index (χ3v) is 4.31. The van der Waals surface area contributed by atoms with Crippen molar-refractivity contribution in [2.24, 2.45) is 0 Å². The Bertz CT molecular complexity index is 654. The maximum absolute atomic E-state index is 12.1. The van der Waals surface area contributed by atoms with Gasteiger partial charge >= 0.3 is 0 Å². The van der Waals surface area contributed by atoms with Gasteiger partial charge in [0, 0.05) is 17.6 Å². The van der Waals surface area contributed by atoms with Crippen LogP contribution in [0.1, 0.15) is 32.3 Å². The van der Waals surface area contributed by atoms with Crippen molar-refractivity contribution in [3.8, 4) is 0 Å². The van der Waals surface area contributed by atoms with Crippen LogP contribution in [-0.2, 0) is 11.2 Å². The van der Waals surface area contributed by atoms with Crippen molar-refractivity contribution in [3.05, 3.63) is 46.4 Å². The van der Waals surface area contributed by atoms with Gasteiger partial charge in [-0.25, -0.2) is 0 Å². The average molecular weight is 391 g/mol. The lowest BCUT2D eigenvalue weighted by Crippen LogP contribution is -2.26. The molecule has 2 rings (SSSR count). The first-order valence-electron chi connectivity index (χ1n) is 8.26. The standard InChI is InChI=1S/C18H23BrN4O/c1-3-11-23(12-4-2)17-10-9-16(21-22-17)20-18(24)13-14-7-5-6-8-15(14)19/h5-10H,3-4,11-13H2,1-2H3,(H,20,21,24). The molecule has 1 amide bonds. The van der Waals surface area contributed by atoms with Crippen LogP contribution >= 0.6 is 15.9 Å². The Morgan fingerprint density at radius 1 is 1.08 bits per heavy atom. The van der Waals surface area contributed by atoms with E-state index in [9.17, 15) is 4.79 Å². The molecule has 0 aliphatic rings. The molecule has 0 unspecified atom stereocenters. The maximum atomic E-state index is 12.1. The summed E-state index contributed by atoms with van der Waals surface area (Å²) in [6.45, 7) is 6.20. The molecule has 0 atom stereocenters. The summed E-state index contributed by atoms with van der Waals surface area (Å²) in [7, 11) is 0. The molecule has 0 spiro atoms. The molecule has 1 aromatic carbocycles. The fourth-order valence-electron chi connectivity index (χ4n) is 2.44. The van der Waals surface area contributed by atoms with Crippen LogP contribution < -0.4 is 10.2 Å². The summed E-state index contributed by atoms with van der Waals surface area (Å²) in [6, 6.07) is 11.4. The third-order valence-electron chi connectivity index (χ3n) is 3.54. The normalized spacial score (nSPS) is 10.5. The summed E-state index contributed by atoms with van der Waals surface area (Å²) in [5.74, 6) is 1.22. The molecule has 0 aliphatic heterocycles. The van der Waals surface area contributed by atoms with Gasteiger partial charge in [-0.15, -0.1) is 10.2 Å². The number of aromatic nitrogens is 2. The van der Waals surface area contributed by atoms with Crippen molar-refractivity contribution in [3.63, 3.8) is 0 Å². The predicted octanol–water partition coefficient (Wildman–Crippen LogP) is 4.05. The Balaban J connectivity index is 1.98. The van der Waals surface area contributed by atoms with Crippen LogP contribution in [-0.4, -0.2) is 29.2 Å². The van der Waals surface area contributed by atoms with Gasteiger partial charge in [0.15, 0.2) is 11.6 Å². The number of rotatable bonds is 8. The molecular weight excluding hydrogens is 368 g/mol. The molecular formula is C18H23BrN4O. The zero-order valence-corrected chi connectivity index (χ0v) is 15.7. The van der Waals surface area contributed by atoms with Gasteiger partial charge in [-0.3, -0.25) is 4.79 Å². The van der Waals surface area contributed by atoms with E-state index in [1.165, 1.54) is 0 Å². The fraction of sp³-hybridized carbons (Fsp3) is 0.389. The summed E-state index contributed by atoms with van der Waals surface area (Å²) < 4.78 is 0.927. The number of anilines is 2. The van der Waals surface area contributed by atoms with Crippen LogP contribution in [0, 0.1) is 0 Å². The molecule has 0 radical (unpaired) electrons. The van der Waals surface area contributed by atoms with Crippen LogP contribution in [0.25, 0.3) is 0 Å². The topological polar surface area (TPSA) is 58.1 Å². The largest absolute Gasteiger partial charge is 0.355 e. The Morgan fingerprint density at radius 2 is 1.79 bits per heavy atom. The Labute approximate surface area is 151 Å². The van der Waals surface area contributed by atoms with Gasteiger partial charge in [0.05, 0.1) is 6.42 Å². The molecule has 128 valence electrons. The van der Waals surface area contributed by atoms with Crippen LogP contribution in [0.5, 0.6) is 0 Å². The minimum absolute atomic E-state index is 0.108. The van der Waals surface area contributed by atoms with Gasteiger partial charge in [-0.1, -0.05) is 48.0 Å². The smallest absolute Gasteiger partial charge is 0.230 e. The van der Waals surface area contributed by atoms with Crippen molar-refractivity contribution in [1.82, 2.24) is 10.2 Å². The second-order valence-corrected chi connectivity index (χ2v) is 6.43. The van der Waals surface area contributed by atoms with E-state index >= 15 is 0 Å². The second-order valence-electron chi connectivity index (χ2n) is 5.58. The van der Waals surface area contributed by atoms with Crippen molar-refractivity contribution < 1.29 is 4.79 Å². The number of halogens is 1. The highest BCUT2D eigenvalue weighted by molar-refractivity contribution is 9.10. The summed E-state index contributed by atoms with van der Waals surface area (Å²) >= 11 is 3.45. The number of hydrogen-bond acceptors (Lipinski definition) is 4. The number of nitrogens with one attached hydrogen (secondary N) is 1.